The molecule has 0 radical (unpaired) electrons. The normalized spacial score (nSPS) is 23.2. The first-order chi connectivity index (χ1) is 10.2. The molecule has 0 heterocycles. The highest BCUT2D eigenvalue weighted by atomic mass is 16.4. The highest BCUT2D eigenvalue weighted by Gasteiger charge is 2.20. The van der Waals surface area contributed by atoms with Crippen molar-refractivity contribution in [2.75, 3.05) is 0 Å². The summed E-state index contributed by atoms with van der Waals surface area (Å²) in [6.07, 6.45) is 7.88. The number of oxime groups is 1. The van der Waals surface area contributed by atoms with Gasteiger partial charge in [0.2, 0.25) is 0 Å². The second-order valence-electron chi connectivity index (χ2n) is 6.03. The lowest BCUT2D eigenvalue weighted by Gasteiger charge is -2.29. The van der Waals surface area contributed by atoms with Crippen LogP contribution in [0.3, 0.4) is 0 Å². The van der Waals surface area contributed by atoms with Gasteiger partial charge in [-0.15, -0.1) is 0 Å². The number of rotatable bonds is 6. The van der Waals surface area contributed by atoms with Gasteiger partial charge in [0.05, 0.1) is 0 Å². The zero-order chi connectivity index (χ0) is 15.1. The van der Waals surface area contributed by atoms with Crippen molar-refractivity contribution >= 4 is 5.84 Å². The van der Waals surface area contributed by atoms with Gasteiger partial charge in [-0.05, 0) is 37.2 Å². The van der Waals surface area contributed by atoms with Crippen molar-refractivity contribution in [3.8, 4) is 0 Å². The van der Waals surface area contributed by atoms with E-state index in [1.807, 2.05) is 24.3 Å². The number of hydrogen-bond donors (Lipinski definition) is 3. The van der Waals surface area contributed by atoms with Crippen LogP contribution in [0.5, 0.6) is 0 Å². The summed E-state index contributed by atoms with van der Waals surface area (Å²) in [4.78, 5) is 0. The summed E-state index contributed by atoms with van der Waals surface area (Å²) in [5.74, 6) is 1.11. The predicted molar refractivity (Wildman–Crippen MR) is 86.4 cm³/mol. The van der Waals surface area contributed by atoms with E-state index < -0.39 is 0 Å². The summed E-state index contributed by atoms with van der Waals surface area (Å²) in [6.45, 7) is 3.05. The Hall–Kier alpha value is -1.55. The van der Waals surface area contributed by atoms with Crippen LogP contribution in [0.4, 0.5) is 0 Å². The minimum atomic E-state index is 0.180. The standard InChI is InChI=1S/C17H27N3O/c1-2-5-13-8-10-15(11-9-13)19-12-14-6-3-4-7-16(14)17(18)20-21/h3-4,6-7,13,15,19,21H,2,5,8-12H2,1H3,(H2,18,20). The summed E-state index contributed by atoms with van der Waals surface area (Å²) < 4.78 is 0. The van der Waals surface area contributed by atoms with E-state index in [9.17, 15) is 0 Å². The van der Waals surface area contributed by atoms with Crippen molar-refractivity contribution in [1.29, 1.82) is 0 Å². The van der Waals surface area contributed by atoms with Crippen molar-refractivity contribution in [2.45, 2.75) is 58.0 Å². The first kappa shape index (κ1) is 15.8. The molecule has 116 valence electrons. The fourth-order valence-electron chi connectivity index (χ4n) is 3.30. The summed E-state index contributed by atoms with van der Waals surface area (Å²) >= 11 is 0. The SMILES string of the molecule is CCCC1CCC(NCc2ccccc2C(N)=NO)CC1. The molecule has 0 unspecified atom stereocenters. The van der Waals surface area contributed by atoms with Gasteiger partial charge in [-0.1, -0.05) is 49.2 Å². The highest BCUT2D eigenvalue weighted by Crippen LogP contribution is 2.27. The van der Waals surface area contributed by atoms with Crippen LogP contribution in [0, 0.1) is 5.92 Å². The van der Waals surface area contributed by atoms with E-state index >= 15 is 0 Å². The lowest BCUT2D eigenvalue weighted by atomic mass is 9.83. The van der Waals surface area contributed by atoms with Gasteiger partial charge in [0.25, 0.3) is 0 Å². The number of nitrogens with one attached hydrogen (secondary N) is 1. The molecule has 0 saturated heterocycles. The monoisotopic (exact) mass is 289 g/mol. The van der Waals surface area contributed by atoms with Crippen molar-refractivity contribution in [1.82, 2.24) is 5.32 Å². The van der Waals surface area contributed by atoms with E-state index in [0.29, 0.717) is 6.04 Å². The van der Waals surface area contributed by atoms with Crippen molar-refractivity contribution in [2.24, 2.45) is 16.8 Å². The van der Waals surface area contributed by atoms with Crippen LogP contribution >= 0.6 is 0 Å². The van der Waals surface area contributed by atoms with Gasteiger partial charge in [0.1, 0.15) is 0 Å². The van der Waals surface area contributed by atoms with Crippen LogP contribution in [-0.2, 0) is 6.54 Å². The molecule has 0 bridgehead atoms. The Balaban J connectivity index is 1.87. The van der Waals surface area contributed by atoms with Gasteiger partial charge in [-0.3, -0.25) is 0 Å². The molecular formula is C17H27N3O. The summed E-state index contributed by atoms with van der Waals surface area (Å²) in [7, 11) is 0. The zero-order valence-corrected chi connectivity index (χ0v) is 12.9. The molecule has 0 amide bonds. The number of hydrogen-bond acceptors (Lipinski definition) is 3. The summed E-state index contributed by atoms with van der Waals surface area (Å²) in [5, 5.41) is 15.6. The van der Waals surface area contributed by atoms with Crippen LogP contribution in [-0.4, -0.2) is 17.1 Å². The van der Waals surface area contributed by atoms with Crippen LogP contribution < -0.4 is 11.1 Å². The molecular weight excluding hydrogens is 262 g/mol. The summed E-state index contributed by atoms with van der Waals surface area (Å²) in [6, 6.07) is 8.42. The molecule has 0 aromatic heterocycles. The highest BCUT2D eigenvalue weighted by molar-refractivity contribution is 5.98. The molecule has 21 heavy (non-hydrogen) atoms. The Labute approximate surface area is 127 Å². The lowest BCUT2D eigenvalue weighted by molar-refractivity contribution is 0.277. The second kappa shape index (κ2) is 8.03. The number of amidine groups is 1. The van der Waals surface area contributed by atoms with E-state index in [1.165, 1.54) is 38.5 Å². The molecule has 1 aromatic rings. The Bertz CT molecular complexity index is 465. The fourth-order valence-corrected chi connectivity index (χ4v) is 3.30. The van der Waals surface area contributed by atoms with E-state index in [2.05, 4.69) is 17.4 Å². The molecule has 1 aromatic carbocycles. The fraction of sp³-hybridized carbons (Fsp3) is 0.588. The number of nitrogens with zero attached hydrogens (tertiary/aromatic N) is 1. The maximum atomic E-state index is 8.85. The molecule has 2 rings (SSSR count). The third-order valence-corrected chi connectivity index (χ3v) is 4.53. The van der Waals surface area contributed by atoms with Gasteiger partial charge in [-0.25, -0.2) is 0 Å². The average Bonchev–Trinajstić information content (AvgIpc) is 2.54. The molecule has 1 saturated carbocycles. The largest absolute Gasteiger partial charge is 0.409 e. The van der Waals surface area contributed by atoms with Crippen LogP contribution in [0.1, 0.15) is 56.6 Å². The van der Waals surface area contributed by atoms with Gasteiger partial charge in [0, 0.05) is 18.2 Å². The molecule has 4 nitrogen and oxygen atoms in total. The third-order valence-electron chi connectivity index (χ3n) is 4.53. The van der Waals surface area contributed by atoms with E-state index in [1.54, 1.807) is 0 Å². The topological polar surface area (TPSA) is 70.6 Å². The maximum absolute atomic E-state index is 8.85. The third kappa shape index (κ3) is 4.46. The summed E-state index contributed by atoms with van der Waals surface area (Å²) in [5.41, 5.74) is 7.63. The van der Waals surface area contributed by atoms with E-state index in [4.69, 9.17) is 10.9 Å². The van der Waals surface area contributed by atoms with Gasteiger partial charge in [-0.2, -0.15) is 0 Å². The molecule has 1 aliphatic rings. The molecule has 0 spiro atoms. The van der Waals surface area contributed by atoms with Gasteiger partial charge < -0.3 is 16.3 Å². The molecule has 4 N–H and O–H groups in total. The number of benzene rings is 1. The van der Waals surface area contributed by atoms with Crippen molar-refractivity contribution in [3.63, 3.8) is 0 Å². The number of nitrogens with two attached hydrogens (primary N) is 1. The second-order valence-corrected chi connectivity index (χ2v) is 6.03. The van der Waals surface area contributed by atoms with Gasteiger partial charge in [0.15, 0.2) is 5.84 Å². The molecule has 4 heteroatoms. The minimum Gasteiger partial charge on any atom is -0.409 e. The van der Waals surface area contributed by atoms with Crippen LogP contribution in [0.2, 0.25) is 0 Å². The van der Waals surface area contributed by atoms with Crippen LogP contribution in [0.25, 0.3) is 0 Å². The molecule has 1 aliphatic carbocycles. The Kier molecular flexibility index (Phi) is 6.05. The molecule has 0 atom stereocenters. The quantitative estimate of drug-likeness (QED) is 0.326. The van der Waals surface area contributed by atoms with E-state index in [0.717, 1.165) is 23.6 Å². The smallest absolute Gasteiger partial charge is 0.170 e. The zero-order valence-electron chi connectivity index (χ0n) is 12.9. The van der Waals surface area contributed by atoms with Crippen LogP contribution in [0.15, 0.2) is 29.4 Å². The van der Waals surface area contributed by atoms with Crippen molar-refractivity contribution < 1.29 is 5.21 Å². The molecule has 1 fully saturated rings. The Morgan fingerprint density at radius 1 is 1.29 bits per heavy atom. The first-order valence-electron chi connectivity index (χ1n) is 8.03. The first-order valence-corrected chi connectivity index (χ1v) is 8.03. The minimum absolute atomic E-state index is 0.180. The van der Waals surface area contributed by atoms with E-state index in [-0.39, 0.29) is 5.84 Å². The van der Waals surface area contributed by atoms with Gasteiger partial charge >= 0.3 is 0 Å². The van der Waals surface area contributed by atoms with Crippen molar-refractivity contribution in [3.05, 3.63) is 35.4 Å². The lowest BCUT2D eigenvalue weighted by Crippen LogP contribution is -2.33. The maximum Gasteiger partial charge on any atom is 0.170 e. The predicted octanol–water partition coefficient (Wildman–Crippen LogP) is 3.23. The average molecular weight is 289 g/mol. The Morgan fingerprint density at radius 3 is 2.67 bits per heavy atom. The molecule has 0 aliphatic heterocycles. The Morgan fingerprint density at radius 2 is 2.00 bits per heavy atom.